The number of unbranched alkanes of at least 4 members (excludes halogenated alkanes) is 3. The quantitative estimate of drug-likeness (QED) is 0.712. The number of nitrogens with zero attached hydrogens (tertiary/aromatic N) is 1. The molecule has 1 rings (SSSR count). The molecular formula is C17H28N2O. The van der Waals surface area contributed by atoms with Crippen LogP contribution in [0.4, 0.5) is 4.79 Å². The fraction of sp³-hybridized carbons (Fsp3) is 0.588. The molecular weight excluding hydrogens is 248 g/mol. The van der Waals surface area contributed by atoms with Crippen LogP contribution in [0.5, 0.6) is 0 Å². The van der Waals surface area contributed by atoms with E-state index >= 15 is 0 Å². The molecule has 0 aliphatic carbocycles. The molecule has 0 aliphatic heterocycles. The summed E-state index contributed by atoms with van der Waals surface area (Å²) < 4.78 is 0. The lowest BCUT2D eigenvalue weighted by atomic mass is 10.1. The third kappa shape index (κ3) is 6.09. The summed E-state index contributed by atoms with van der Waals surface area (Å²) in [4.78, 5) is 14.0. The van der Waals surface area contributed by atoms with E-state index < -0.39 is 0 Å². The van der Waals surface area contributed by atoms with Crippen molar-refractivity contribution < 1.29 is 4.79 Å². The molecule has 0 aliphatic rings. The van der Waals surface area contributed by atoms with Gasteiger partial charge in [-0.15, -0.1) is 0 Å². The van der Waals surface area contributed by atoms with Crippen molar-refractivity contribution in [3.05, 3.63) is 35.4 Å². The maximum Gasteiger partial charge on any atom is 0.317 e. The lowest BCUT2D eigenvalue weighted by Crippen LogP contribution is -2.40. The number of nitrogens with one attached hydrogen (secondary N) is 1. The van der Waals surface area contributed by atoms with Crippen LogP contribution in [0.3, 0.4) is 0 Å². The van der Waals surface area contributed by atoms with Gasteiger partial charge in [0.1, 0.15) is 0 Å². The molecule has 0 saturated carbocycles. The Morgan fingerprint density at radius 2 is 2.00 bits per heavy atom. The van der Waals surface area contributed by atoms with E-state index in [4.69, 9.17) is 0 Å². The maximum atomic E-state index is 12.1. The number of carbonyl (C=O) groups is 1. The Morgan fingerprint density at radius 1 is 1.20 bits per heavy atom. The predicted molar refractivity (Wildman–Crippen MR) is 84.8 cm³/mol. The average molecular weight is 276 g/mol. The van der Waals surface area contributed by atoms with E-state index in [1.807, 2.05) is 11.8 Å². The number of urea groups is 1. The summed E-state index contributed by atoms with van der Waals surface area (Å²) >= 11 is 0. The van der Waals surface area contributed by atoms with Crippen molar-refractivity contribution in [1.82, 2.24) is 10.2 Å². The molecule has 2 amide bonds. The van der Waals surface area contributed by atoms with Crippen LogP contribution in [0.2, 0.25) is 0 Å². The van der Waals surface area contributed by atoms with Gasteiger partial charge in [-0.05, 0) is 25.8 Å². The van der Waals surface area contributed by atoms with Crippen molar-refractivity contribution in [2.75, 3.05) is 13.1 Å². The first-order valence-corrected chi connectivity index (χ1v) is 7.75. The molecule has 0 saturated heterocycles. The van der Waals surface area contributed by atoms with Crippen molar-refractivity contribution in [2.24, 2.45) is 0 Å². The number of hydrogen-bond donors (Lipinski definition) is 1. The molecule has 0 radical (unpaired) electrons. The summed E-state index contributed by atoms with van der Waals surface area (Å²) in [5.74, 6) is 0. The molecule has 112 valence electrons. The Bertz CT molecular complexity index is 404. The lowest BCUT2D eigenvalue weighted by Gasteiger charge is -2.23. The van der Waals surface area contributed by atoms with E-state index in [0.29, 0.717) is 13.1 Å². The normalized spacial score (nSPS) is 10.3. The van der Waals surface area contributed by atoms with Crippen LogP contribution < -0.4 is 5.32 Å². The molecule has 0 aromatic heterocycles. The number of hydrogen-bond acceptors (Lipinski definition) is 1. The van der Waals surface area contributed by atoms with Crippen LogP contribution in [-0.4, -0.2) is 24.0 Å². The highest BCUT2D eigenvalue weighted by Gasteiger charge is 2.12. The van der Waals surface area contributed by atoms with E-state index in [-0.39, 0.29) is 6.03 Å². The minimum absolute atomic E-state index is 0.0468. The first-order valence-electron chi connectivity index (χ1n) is 7.75. The minimum atomic E-state index is 0.0468. The van der Waals surface area contributed by atoms with E-state index in [9.17, 15) is 4.79 Å². The number of benzene rings is 1. The molecule has 0 unspecified atom stereocenters. The highest BCUT2D eigenvalue weighted by atomic mass is 16.2. The monoisotopic (exact) mass is 276 g/mol. The van der Waals surface area contributed by atoms with Gasteiger partial charge in [-0.1, -0.05) is 56.0 Å². The number of rotatable bonds is 8. The molecule has 3 heteroatoms. The summed E-state index contributed by atoms with van der Waals surface area (Å²) in [5, 5.41) is 2.91. The third-order valence-corrected chi connectivity index (χ3v) is 3.35. The van der Waals surface area contributed by atoms with Gasteiger partial charge in [0.2, 0.25) is 0 Å². The van der Waals surface area contributed by atoms with Crippen molar-refractivity contribution in [3.8, 4) is 0 Å². The van der Waals surface area contributed by atoms with Gasteiger partial charge < -0.3 is 10.2 Å². The molecule has 0 heterocycles. The molecule has 3 nitrogen and oxygen atoms in total. The zero-order valence-electron chi connectivity index (χ0n) is 13.1. The second-order valence-corrected chi connectivity index (χ2v) is 5.31. The highest BCUT2D eigenvalue weighted by Crippen LogP contribution is 2.10. The Balaban J connectivity index is 2.59. The van der Waals surface area contributed by atoms with Crippen LogP contribution in [0, 0.1) is 6.92 Å². The van der Waals surface area contributed by atoms with E-state index in [1.165, 1.54) is 30.4 Å². The fourth-order valence-corrected chi connectivity index (χ4v) is 2.28. The topological polar surface area (TPSA) is 32.3 Å². The summed E-state index contributed by atoms with van der Waals surface area (Å²) in [7, 11) is 0. The van der Waals surface area contributed by atoms with E-state index in [2.05, 4.69) is 43.4 Å². The Morgan fingerprint density at radius 3 is 2.65 bits per heavy atom. The molecule has 1 aromatic rings. The molecule has 0 spiro atoms. The molecule has 1 N–H and O–H groups in total. The number of carbonyl (C=O) groups excluding carboxylic acids is 1. The first kappa shape index (κ1) is 16.5. The molecule has 0 bridgehead atoms. The predicted octanol–water partition coefficient (Wildman–Crippen LogP) is 4.11. The van der Waals surface area contributed by atoms with Crippen molar-refractivity contribution in [3.63, 3.8) is 0 Å². The lowest BCUT2D eigenvalue weighted by molar-refractivity contribution is 0.194. The van der Waals surface area contributed by atoms with Gasteiger partial charge in [-0.25, -0.2) is 4.79 Å². The van der Waals surface area contributed by atoms with Crippen LogP contribution in [0.15, 0.2) is 24.3 Å². The molecule has 0 fully saturated rings. The van der Waals surface area contributed by atoms with Gasteiger partial charge in [0, 0.05) is 19.6 Å². The van der Waals surface area contributed by atoms with Crippen LogP contribution in [0.1, 0.15) is 50.7 Å². The summed E-state index contributed by atoms with van der Waals surface area (Å²) in [6.45, 7) is 8.45. The van der Waals surface area contributed by atoms with E-state index in [0.717, 1.165) is 13.0 Å². The Labute approximate surface area is 123 Å². The van der Waals surface area contributed by atoms with Gasteiger partial charge in [-0.2, -0.15) is 0 Å². The maximum absolute atomic E-state index is 12.1. The van der Waals surface area contributed by atoms with Gasteiger partial charge in [0.15, 0.2) is 0 Å². The smallest absolute Gasteiger partial charge is 0.317 e. The van der Waals surface area contributed by atoms with Crippen molar-refractivity contribution >= 4 is 6.03 Å². The van der Waals surface area contributed by atoms with Crippen LogP contribution >= 0.6 is 0 Å². The standard InChI is InChI=1S/C17H28N2O/c1-4-6-7-8-12-19(17(20)18-5-2)14-16-11-9-10-15(3)13-16/h9-11,13H,4-8,12,14H2,1-3H3,(H,18,20). The average Bonchev–Trinajstić information content (AvgIpc) is 2.42. The second-order valence-electron chi connectivity index (χ2n) is 5.31. The summed E-state index contributed by atoms with van der Waals surface area (Å²) in [6, 6.07) is 8.42. The van der Waals surface area contributed by atoms with Crippen molar-refractivity contribution in [2.45, 2.75) is 53.0 Å². The molecule has 1 aromatic carbocycles. The Hall–Kier alpha value is -1.51. The second kappa shape index (κ2) is 9.40. The number of amides is 2. The van der Waals surface area contributed by atoms with Gasteiger partial charge in [0.05, 0.1) is 0 Å². The zero-order chi connectivity index (χ0) is 14.8. The third-order valence-electron chi connectivity index (χ3n) is 3.35. The number of aryl methyl sites for hydroxylation is 1. The van der Waals surface area contributed by atoms with E-state index in [1.54, 1.807) is 0 Å². The Kier molecular flexibility index (Phi) is 7.78. The van der Waals surface area contributed by atoms with Crippen molar-refractivity contribution in [1.29, 1.82) is 0 Å². The van der Waals surface area contributed by atoms with Gasteiger partial charge in [-0.3, -0.25) is 0 Å². The summed E-state index contributed by atoms with van der Waals surface area (Å²) in [5.41, 5.74) is 2.44. The minimum Gasteiger partial charge on any atom is -0.338 e. The zero-order valence-corrected chi connectivity index (χ0v) is 13.1. The SMILES string of the molecule is CCCCCCN(Cc1cccc(C)c1)C(=O)NCC. The van der Waals surface area contributed by atoms with Gasteiger partial charge >= 0.3 is 6.03 Å². The first-order chi connectivity index (χ1) is 9.67. The largest absolute Gasteiger partial charge is 0.338 e. The van der Waals surface area contributed by atoms with Crippen LogP contribution in [0.25, 0.3) is 0 Å². The fourth-order valence-electron chi connectivity index (χ4n) is 2.28. The molecule has 20 heavy (non-hydrogen) atoms. The van der Waals surface area contributed by atoms with Crippen LogP contribution in [-0.2, 0) is 6.54 Å². The highest BCUT2D eigenvalue weighted by molar-refractivity contribution is 5.74. The van der Waals surface area contributed by atoms with Gasteiger partial charge in [0.25, 0.3) is 0 Å². The molecule has 0 atom stereocenters. The summed E-state index contributed by atoms with van der Waals surface area (Å²) in [6.07, 6.45) is 4.74.